The molecule has 0 bridgehead atoms. The minimum atomic E-state index is 0.454. The molecule has 0 fully saturated rings. The Morgan fingerprint density at radius 2 is 2.22 bits per heavy atom. The molecule has 0 amide bonds. The average molecular weight is 242 g/mol. The fourth-order valence-corrected chi connectivity index (χ4v) is 1.49. The summed E-state index contributed by atoms with van der Waals surface area (Å²) in [6.45, 7) is 0. The number of rotatable bonds is 3. The first-order valence-corrected chi connectivity index (χ1v) is 5.33. The van der Waals surface area contributed by atoms with Crippen molar-refractivity contribution >= 4 is 5.95 Å². The molecule has 1 N–H and O–H groups in total. The molecule has 0 unspecified atom stereocenters. The van der Waals surface area contributed by atoms with Crippen LogP contribution in [0.25, 0.3) is 17.3 Å². The summed E-state index contributed by atoms with van der Waals surface area (Å²) in [5.74, 6) is 1.47. The van der Waals surface area contributed by atoms with Crippen molar-refractivity contribution in [1.82, 2.24) is 24.7 Å². The normalized spacial score (nSPS) is 10.5. The molecule has 7 heteroatoms. The first-order valence-electron chi connectivity index (χ1n) is 5.33. The van der Waals surface area contributed by atoms with Crippen LogP contribution in [-0.4, -0.2) is 31.8 Å². The fourth-order valence-electron chi connectivity index (χ4n) is 1.49. The molecule has 0 aromatic carbocycles. The summed E-state index contributed by atoms with van der Waals surface area (Å²) in [5.41, 5.74) is 0.794. The molecule has 18 heavy (non-hydrogen) atoms. The van der Waals surface area contributed by atoms with Gasteiger partial charge in [-0.05, 0) is 12.1 Å². The molecule has 7 nitrogen and oxygen atoms in total. The Morgan fingerprint density at radius 3 is 2.89 bits per heavy atom. The van der Waals surface area contributed by atoms with Gasteiger partial charge in [0.1, 0.15) is 6.26 Å². The number of hydrogen-bond donors (Lipinski definition) is 1. The lowest BCUT2D eigenvalue weighted by atomic mass is 10.3. The molecule has 0 spiro atoms. The second-order valence-electron chi connectivity index (χ2n) is 3.50. The molecule has 0 atom stereocenters. The Kier molecular flexibility index (Phi) is 2.49. The maximum atomic E-state index is 5.03. The van der Waals surface area contributed by atoms with Gasteiger partial charge >= 0.3 is 0 Å². The van der Waals surface area contributed by atoms with Crippen LogP contribution in [0.2, 0.25) is 0 Å². The second kappa shape index (κ2) is 4.28. The summed E-state index contributed by atoms with van der Waals surface area (Å²) < 4.78 is 6.61. The average Bonchev–Trinajstić information content (AvgIpc) is 3.10. The van der Waals surface area contributed by atoms with E-state index < -0.39 is 0 Å². The quantitative estimate of drug-likeness (QED) is 0.746. The lowest BCUT2D eigenvalue weighted by Gasteiger charge is -2.05. The highest BCUT2D eigenvalue weighted by Crippen LogP contribution is 2.17. The van der Waals surface area contributed by atoms with Crippen molar-refractivity contribution in [3.05, 3.63) is 37.1 Å². The molecule has 0 aliphatic heterocycles. The Morgan fingerprint density at radius 1 is 1.28 bits per heavy atom. The minimum absolute atomic E-state index is 0.454. The third kappa shape index (κ3) is 1.81. The van der Waals surface area contributed by atoms with Crippen LogP contribution in [0.5, 0.6) is 0 Å². The SMILES string of the molecule is CNc1nc(-c2ccoc2)nc(-n2cccn2)n1. The van der Waals surface area contributed by atoms with E-state index in [1.807, 2.05) is 0 Å². The summed E-state index contributed by atoms with van der Waals surface area (Å²) in [6, 6.07) is 3.60. The first kappa shape index (κ1) is 10.5. The fraction of sp³-hybridized carbons (Fsp3) is 0.0909. The molecule has 0 saturated carbocycles. The van der Waals surface area contributed by atoms with Gasteiger partial charge < -0.3 is 9.73 Å². The zero-order chi connectivity index (χ0) is 12.4. The number of aromatic nitrogens is 5. The van der Waals surface area contributed by atoms with E-state index in [-0.39, 0.29) is 0 Å². The van der Waals surface area contributed by atoms with E-state index in [1.165, 1.54) is 0 Å². The molecule has 90 valence electrons. The van der Waals surface area contributed by atoms with Crippen LogP contribution in [0.3, 0.4) is 0 Å². The third-order valence-corrected chi connectivity index (χ3v) is 2.34. The molecule has 3 aromatic heterocycles. The molecule has 0 saturated heterocycles. The Hall–Kier alpha value is -2.70. The summed E-state index contributed by atoms with van der Waals surface area (Å²) in [7, 11) is 1.75. The number of nitrogens with one attached hydrogen (secondary N) is 1. The van der Waals surface area contributed by atoms with Crippen LogP contribution < -0.4 is 5.32 Å². The van der Waals surface area contributed by atoms with Crippen LogP contribution in [0, 0.1) is 0 Å². The first-order chi connectivity index (χ1) is 8.86. The number of nitrogens with zero attached hydrogens (tertiary/aromatic N) is 5. The zero-order valence-corrected chi connectivity index (χ0v) is 9.61. The topological polar surface area (TPSA) is 81.7 Å². The Bertz CT molecular complexity index is 579. The summed E-state index contributed by atoms with van der Waals surface area (Å²) >= 11 is 0. The van der Waals surface area contributed by atoms with Gasteiger partial charge in [-0.2, -0.15) is 20.1 Å². The lowest BCUT2D eigenvalue weighted by Crippen LogP contribution is -2.07. The third-order valence-electron chi connectivity index (χ3n) is 2.34. The maximum Gasteiger partial charge on any atom is 0.255 e. The molecule has 0 radical (unpaired) electrons. The Labute approximate surface area is 103 Å². The Balaban J connectivity index is 2.13. The van der Waals surface area contributed by atoms with Gasteiger partial charge in [-0.3, -0.25) is 0 Å². The summed E-state index contributed by atoms with van der Waals surface area (Å²) in [4.78, 5) is 12.9. The number of hydrogen-bond acceptors (Lipinski definition) is 6. The molecule has 0 aliphatic carbocycles. The number of furan rings is 1. The highest BCUT2D eigenvalue weighted by molar-refractivity contribution is 5.54. The van der Waals surface area contributed by atoms with Crippen LogP contribution >= 0.6 is 0 Å². The molecular weight excluding hydrogens is 232 g/mol. The molecular formula is C11H10N6O. The van der Waals surface area contributed by atoms with Crippen molar-refractivity contribution in [2.24, 2.45) is 0 Å². The predicted molar refractivity (Wildman–Crippen MR) is 64.2 cm³/mol. The molecule has 3 aromatic rings. The zero-order valence-electron chi connectivity index (χ0n) is 9.61. The van der Waals surface area contributed by atoms with Gasteiger partial charge in [-0.25, -0.2) is 4.68 Å². The van der Waals surface area contributed by atoms with E-state index in [0.717, 1.165) is 5.56 Å². The van der Waals surface area contributed by atoms with Gasteiger partial charge in [0.25, 0.3) is 5.95 Å². The monoisotopic (exact) mass is 242 g/mol. The van der Waals surface area contributed by atoms with Gasteiger partial charge in [0.05, 0.1) is 11.8 Å². The van der Waals surface area contributed by atoms with E-state index >= 15 is 0 Å². The van der Waals surface area contributed by atoms with Gasteiger partial charge in [0.15, 0.2) is 5.82 Å². The van der Waals surface area contributed by atoms with E-state index in [1.54, 1.807) is 48.8 Å². The van der Waals surface area contributed by atoms with Gasteiger partial charge in [-0.15, -0.1) is 0 Å². The molecule has 3 rings (SSSR count). The van der Waals surface area contributed by atoms with E-state index in [0.29, 0.717) is 17.7 Å². The largest absolute Gasteiger partial charge is 0.472 e. The minimum Gasteiger partial charge on any atom is -0.472 e. The van der Waals surface area contributed by atoms with Crippen molar-refractivity contribution in [3.8, 4) is 17.3 Å². The number of anilines is 1. The highest BCUT2D eigenvalue weighted by Gasteiger charge is 2.10. The smallest absolute Gasteiger partial charge is 0.255 e. The summed E-state index contributed by atoms with van der Waals surface area (Å²) in [5, 5.41) is 6.99. The predicted octanol–water partition coefficient (Wildman–Crippen LogP) is 1.36. The van der Waals surface area contributed by atoms with E-state index in [4.69, 9.17) is 4.42 Å². The molecule has 3 heterocycles. The maximum absolute atomic E-state index is 5.03. The van der Waals surface area contributed by atoms with Crippen molar-refractivity contribution in [3.63, 3.8) is 0 Å². The van der Waals surface area contributed by atoms with Gasteiger partial charge in [0, 0.05) is 19.4 Å². The lowest BCUT2D eigenvalue weighted by molar-refractivity contribution is 0.568. The van der Waals surface area contributed by atoms with Crippen molar-refractivity contribution < 1.29 is 4.42 Å². The summed E-state index contributed by atoms with van der Waals surface area (Å²) in [6.07, 6.45) is 6.60. The highest BCUT2D eigenvalue weighted by atomic mass is 16.3. The van der Waals surface area contributed by atoms with E-state index in [2.05, 4.69) is 25.4 Å². The van der Waals surface area contributed by atoms with Crippen LogP contribution in [0.15, 0.2) is 41.5 Å². The van der Waals surface area contributed by atoms with Crippen LogP contribution in [-0.2, 0) is 0 Å². The van der Waals surface area contributed by atoms with Crippen molar-refractivity contribution in [2.75, 3.05) is 12.4 Å². The van der Waals surface area contributed by atoms with Crippen LogP contribution in [0.4, 0.5) is 5.95 Å². The van der Waals surface area contributed by atoms with E-state index in [9.17, 15) is 0 Å². The van der Waals surface area contributed by atoms with Crippen molar-refractivity contribution in [1.29, 1.82) is 0 Å². The molecule has 0 aliphatic rings. The van der Waals surface area contributed by atoms with Crippen LogP contribution in [0.1, 0.15) is 0 Å². The van der Waals surface area contributed by atoms with Gasteiger partial charge in [-0.1, -0.05) is 0 Å². The van der Waals surface area contributed by atoms with Crippen molar-refractivity contribution in [2.45, 2.75) is 0 Å². The van der Waals surface area contributed by atoms with Gasteiger partial charge in [0.2, 0.25) is 5.95 Å². The standard InChI is InChI=1S/C11H10N6O/c1-12-10-14-9(8-3-6-18-7-8)15-11(16-10)17-5-2-4-13-17/h2-7H,1H3,(H,12,14,15,16). The second-order valence-corrected chi connectivity index (χ2v) is 3.50.